The summed E-state index contributed by atoms with van der Waals surface area (Å²) >= 11 is 0. The molecule has 0 radical (unpaired) electrons. The maximum atomic E-state index is 11.8. The highest BCUT2D eigenvalue weighted by molar-refractivity contribution is 6.88. The van der Waals surface area contributed by atoms with Gasteiger partial charge in [-0.25, -0.2) is 0 Å². The van der Waals surface area contributed by atoms with E-state index in [0.717, 1.165) is 17.2 Å². The quantitative estimate of drug-likeness (QED) is 0.618. The molecule has 0 saturated heterocycles. The van der Waals surface area contributed by atoms with Gasteiger partial charge in [0.15, 0.2) is 11.6 Å². The van der Waals surface area contributed by atoms with Crippen molar-refractivity contribution >= 4 is 19.6 Å². The fourth-order valence-corrected chi connectivity index (χ4v) is 4.75. The Morgan fingerprint density at radius 1 is 1.14 bits per heavy atom. The van der Waals surface area contributed by atoms with Gasteiger partial charge >= 0.3 is 0 Å². The van der Waals surface area contributed by atoms with Crippen LogP contribution in [0.5, 0.6) is 0 Å². The second kappa shape index (κ2) is 2.89. The molecular weight excluding hydrogens is 192 g/mol. The molecule has 0 spiro atoms. The molecule has 1 atom stereocenters. The molecule has 0 amide bonds. The highest BCUT2D eigenvalue weighted by atomic mass is 28.3. The molecule has 2 aliphatic carbocycles. The summed E-state index contributed by atoms with van der Waals surface area (Å²) in [7, 11) is -1.61. The Morgan fingerprint density at radius 2 is 1.79 bits per heavy atom. The SMILES string of the molecule is C[Si](C)(C)C1=C2C(=O)CCC2CC1=O. The molecule has 1 unspecified atom stereocenters. The second-order valence-corrected chi connectivity index (χ2v) is 10.3. The molecule has 0 aliphatic heterocycles. The Hall–Kier alpha value is -0.703. The predicted molar refractivity (Wildman–Crippen MR) is 57.7 cm³/mol. The highest BCUT2D eigenvalue weighted by Crippen LogP contribution is 2.42. The second-order valence-electron chi connectivity index (χ2n) is 5.32. The van der Waals surface area contributed by atoms with Gasteiger partial charge in [-0.15, -0.1) is 0 Å². The molecule has 0 aromatic heterocycles. The maximum Gasteiger partial charge on any atom is 0.159 e. The third kappa shape index (κ3) is 1.30. The van der Waals surface area contributed by atoms with Gasteiger partial charge in [0.25, 0.3) is 0 Å². The summed E-state index contributed by atoms with van der Waals surface area (Å²) in [5.41, 5.74) is 0.925. The van der Waals surface area contributed by atoms with E-state index in [1.807, 2.05) is 0 Å². The summed E-state index contributed by atoms with van der Waals surface area (Å²) in [5, 5.41) is 0.949. The summed E-state index contributed by atoms with van der Waals surface area (Å²) in [6.07, 6.45) is 2.19. The molecule has 2 rings (SSSR count). The van der Waals surface area contributed by atoms with Crippen LogP contribution in [0.3, 0.4) is 0 Å². The van der Waals surface area contributed by atoms with Crippen LogP contribution in [0.15, 0.2) is 10.8 Å². The number of fused-ring (bicyclic) bond motifs is 1. The standard InChI is InChI=1S/C11H16O2Si/c1-14(2,3)11-9(13)6-7-4-5-8(12)10(7)11/h7H,4-6H2,1-3H3. The van der Waals surface area contributed by atoms with E-state index in [2.05, 4.69) is 19.6 Å². The smallest absolute Gasteiger partial charge is 0.159 e. The number of rotatable bonds is 1. The van der Waals surface area contributed by atoms with E-state index in [9.17, 15) is 9.59 Å². The molecule has 3 heteroatoms. The van der Waals surface area contributed by atoms with Crippen molar-refractivity contribution in [2.75, 3.05) is 0 Å². The minimum absolute atomic E-state index is 0.248. The molecule has 0 N–H and O–H groups in total. The van der Waals surface area contributed by atoms with Crippen LogP contribution in [0.1, 0.15) is 19.3 Å². The molecule has 1 saturated carbocycles. The van der Waals surface area contributed by atoms with Crippen LogP contribution in [-0.2, 0) is 9.59 Å². The van der Waals surface area contributed by atoms with E-state index in [0.29, 0.717) is 12.8 Å². The molecule has 76 valence electrons. The van der Waals surface area contributed by atoms with Crippen molar-refractivity contribution in [2.45, 2.75) is 38.9 Å². The summed E-state index contributed by atoms with van der Waals surface area (Å²) in [6, 6.07) is 0. The summed E-state index contributed by atoms with van der Waals surface area (Å²) < 4.78 is 0. The predicted octanol–water partition coefficient (Wildman–Crippen LogP) is 2.11. The summed E-state index contributed by atoms with van der Waals surface area (Å²) in [6.45, 7) is 6.46. The van der Waals surface area contributed by atoms with E-state index >= 15 is 0 Å². The van der Waals surface area contributed by atoms with Gasteiger partial charge in [-0.3, -0.25) is 9.59 Å². The minimum atomic E-state index is -1.61. The van der Waals surface area contributed by atoms with Gasteiger partial charge in [0.05, 0.1) is 8.07 Å². The topological polar surface area (TPSA) is 34.1 Å². The molecule has 0 aromatic carbocycles. The zero-order chi connectivity index (χ0) is 10.5. The lowest BCUT2D eigenvalue weighted by atomic mass is 10.1. The summed E-state index contributed by atoms with van der Waals surface area (Å²) in [4.78, 5) is 23.5. The largest absolute Gasteiger partial charge is 0.295 e. The average molecular weight is 208 g/mol. The van der Waals surface area contributed by atoms with E-state index in [-0.39, 0.29) is 17.5 Å². The molecule has 1 fully saturated rings. The molecule has 0 bridgehead atoms. The first-order valence-corrected chi connectivity index (χ1v) is 8.72. The number of allylic oxidation sites excluding steroid dienone is 2. The number of hydrogen-bond donors (Lipinski definition) is 0. The molecule has 0 aromatic rings. The van der Waals surface area contributed by atoms with Crippen molar-refractivity contribution < 1.29 is 9.59 Å². The van der Waals surface area contributed by atoms with Crippen LogP contribution in [-0.4, -0.2) is 19.6 Å². The van der Waals surface area contributed by atoms with Gasteiger partial charge in [-0.2, -0.15) is 0 Å². The number of hydrogen-bond acceptors (Lipinski definition) is 2. The van der Waals surface area contributed by atoms with Crippen molar-refractivity contribution in [3.05, 3.63) is 10.8 Å². The van der Waals surface area contributed by atoms with Crippen LogP contribution in [0.2, 0.25) is 19.6 Å². The fraction of sp³-hybridized carbons (Fsp3) is 0.636. The van der Waals surface area contributed by atoms with E-state index < -0.39 is 8.07 Å². The van der Waals surface area contributed by atoms with Crippen LogP contribution in [0, 0.1) is 5.92 Å². The maximum absolute atomic E-state index is 11.8. The molecular formula is C11H16O2Si. The van der Waals surface area contributed by atoms with Crippen molar-refractivity contribution in [2.24, 2.45) is 5.92 Å². The fourth-order valence-electron chi connectivity index (χ4n) is 2.66. The first-order valence-electron chi connectivity index (χ1n) is 5.22. The average Bonchev–Trinajstić information content (AvgIpc) is 2.49. The number of Topliss-reactive ketones (excluding diaryl/α,β-unsaturated/α-hetero) is 2. The van der Waals surface area contributed by atoms with E-state index in [1.165, 1.54) is 0 Å². The molecule has 2 aliphatic rings. The van der Waals surface area contributed by atoms with Crippen molar-refractivity contribution in [3.8, 4) is 0 Å². The van der Waals surface area contributed by atoms with Crippen molar-refractivity contribution in [3.63, 3.8) is 0 Å². The lowest BCUT2D eigenvalue weighted by molar-refractivity contribution is -0.116. The Kier molecular flexibility index (Phi) is 2.03. The van der Waals surface area contributed by atoms with E-state index in [1.54, 1.807) is 0 Å². The number of carbonyl (C=O) groups is 2. The highest BCUT2D eigenvalue weighted by Gasteiger charge is 2.44. The Bertz CT molecular complexity index is 347. The number of carbonyl (C=O) groups excluding carboxylic acids is 2. The van der Waals surface area contributed by atoms with Gasteiger partial charge < -0.3 is 0 Å². The first kappa shape index (κ1) is 9.84. The number of ketones is 2. The first-order chi connectivity index (χ1) is 6.41. The van der Waals surface area contributed by atoms with Gasteiger partial charge in [-0.05, 0) is 17.5 Å². The monoisotopic (exact) mass is 208 g/mol. The molecule has 0 heterocycles. The zero-order valence-electron chi connectivity index (χ0n) is 9.02. The van der Waals surface area contributed by atoms with E-state index in [4.69, 9.17) is 0 Å². The lowest BCUT2D eigenvalue weighted by Gasteiger charge is -2.18. The van der Waals surface area contributed by atoms with Crippen LogP contribution < -0.4 is 0 Å². The van der Waals surface area contributed by atoms with Crippen LogP contribution >= 0.6 is 0 Å². The lowest BCUT2D eigenvalue weighted by Crippen LogP contribution is -2.29. The molecule has 14 heavy (non-hydrogen) atoms. The third-order valence-corrected chi connectivity index (χ3v) is 5.21. The van der Waals surface area contributed by atoms with Crippen molar-refractivity contribution in [1.29, 1.82) is 0 Å². The van der Waals surface area contributed by atoms with Gasteiger partial charge in [0, 0.05) is 18.4 Å². The van der Waals surface area contributed by atoms with Gasteiger partial charge in [-0.1, -0.05) is 19.6 Å². The summed E-state index contributed by atoms with van der Waals surface area (Å²) in [5.74, 6) is 0.798. The Morgan fingerprint density at radius 3 is 2.36 bits per heavy atom. The molecule has 2 nitrogen and oxygen atoms in total. The Balaban J connectivity index is 2.54. The zero-order valence-corrected chi connectivity index (χ0v) is 10.0. The third-order valence-electron chi connectivity index (χ3n) is 3.16. The van der Waals surface area contributed by atoms with Crippen molar-refractivity contribution in [1.82, 2.24) is 0 Å². The minimum Gasteiger partial charge on any atom is -0.295 e. The normalized spacial score (nSPS) is 27.5. The Labute approximate surface area is 85.4 Å². The van der Waals surface area contributed by atoms with Gasteiger partial charge in [0.2, 0.25) is 0 Å². The van der Waals surface area contributed by atoms with Gasteiger partial charge in [0.1, 0.15) is 0 Å². The van der Waals surface area contributed by atoms with Crippen LogP contribution in [0.25, 0.3) is 0 Å². The van der Waals surface area contributed by atoms with Crippen LogP contribution in [0.4, 0.5) is 0 Å².